The van der Waals surface area contributed by atoms with E-state index in [-0.39, 0.29) is 6.10 Å². The second kappa shape index (κ2) is 4.58. The van der Waals surface area contributed by atoms with E-state index in [1.54, 1.807) is 0 Å². The summed E-state index contributed by atoms with van der Waals surface area (Å²) in [6.45, 7) is 4.21. The Kier molecular flexibility index (Phi) is 3.37. The molecule has 0 aromatic heterocycles. The molecule has 1 heterocycles. The standard InChI is InChI=1S/C13H18OS/c1-9-3-4-11(7-10(9)2)13(14)12-5-6-15-8-12/h3-4,7,12-14H,5-6,8H2,1-2H3. The van der Waals surface area contributed by atoms with E-state index < -0.39 is 0 Å². The number of aliphatic hydroxyl groups excluding tert-OH is 1. The second-order valence-corrected chi connectivity index (χ2v) is 5.56. The van der Waals surface area contributed by atoms with Gasteiger partial charge in [0.25, 0.3) is 0 Å². The molecule has 1 aliphatic heterocycles. The lowest BCUT2D eigenvalue weighted by Gasteiger charge is -2.18. The van der Waals surface area contributed by atoms with Crippen LogP contribution in [-0.4, -0.2) is 16.6 Å². The van der Waals surface area contributed by atoms with Gasteiger partial charge in [-0.2, -0.15) is 11.8 Å². The molecule has 0 bridgehead atoms. The fourth-order valence-electron chi connectivity index (χ4n) is 2.02. The lowest BCUT2D eigenvalue weighted by molar-refractivity contribution is 0.121. The van der Waals surface area contributed by atoms with E-state index in [0.717, 1.165) is 17.7 Å². The van der Waals surface area contributed by atoms with Crippen LogP contribution < -0.4 is 0 Å². The summed E-state index contributed by atoms with van der Waals surface area (Å²) in [5, 5.41) is 10.2. The van der Waals surface area contributed by atoms with Crippen LogP contribution in [0.5, 0.6) is 0 Å². The molecule has 1 N–H and O–H groups in total. The smallest absolute Gasteiger partial charge is 0.0826 e. The van der Waals surface area contributed by atoms with Crippen molar-refractivity contribution in [3.63, 3.8) is 0 Å². The topological polar surface area (TPSA) is 20.2 Å². The Morgan fingerprint density at radius 3 is 2.73 bits per heavy atom. The number of aryl methyl sites for hydroxylation is 2. The van der Waals surface area contributed by atoms with Crippen LogP contribution in [0.2, 0.25) is 0 Å². The summed E-state index contributed by atoms with van der Waals surface area (Å²) < 4.78 is 0. The van der Waals surface area contributed by atoms with Gasteiger partial charge in [-0.15, -0.1) is 0 Å². The van der Waals surface area contributed by atoms with E-state index in [4.69, 9.17) is 0 Å². The molecule has 0 radical (unpaired) electrons. The second-order valence-electron chi connectivity index (χ2n) is 4.41. The Bertz CT molecular complexity index is 342. The SMILES string of the molecule is Cc1ccc(C(O)C2CCSC2)cc1C. The van der Waals surface area contributed by atoms with Crippen molar-refractivity contribution in [2.45, 2.75) is 26.4 Å². The molecule has 82 valence electrons. The van der Waals surface area contributed by atoms with Gasteiger partial charge in [0, 0.05) is 0 Å². The minimum Gasteiger partial charge on any atom is -0.388 e. The van der Waals surface area contributed by atoms with Gasteiger partial charge in [0.2, 0.25) is 0 Å². The normalized spacial score (nSPS) is 23.0. The number of hydrogen-bond acceptors (Lipinski definition) is 2. The van der Waals surface area contributed by atoms with Crippen LogP contribution in [-0.2, 0) is 0 Å². The van der Waals surface area contributed by atoms with E-state index >= 15 is 0 Å². The summed E-state index contributed by atoms with van der Waals surface area (Å²) in [5.41, 5.74) is 3.66. The maximum absolute atomic E-state index is 10.2. The fraction of sp³-hybridized carbons (Fsp3) is 0.538. The lowest BCUT2D eigenvalue weighted by Crippen LogP contribution is -2.11. The lowest BCUT2D eigenvalue weighted by atomic mass is 9.93. The summed E-state index contributed by atoms with van der Waals surface area (Å²) in [7, 11) is 0. The number of hydrogen-bond donors (Lipinski definition) is 1. The summed E-state index contributed by atoms with van der Waals surface area (Å²) in [5.74, 6) is 2.76. The first-order valence-corrected chi connectivity index (χ1v) is 6.67. The van der Waals surface area contributed by atoms with Gasteiger partial charge in [0.15, 0.2) is 0 Å². The zero-order valence-electron chi connectivity index (χ0n) is 9.36. The van der Waals surface area contributed by atoms with Crippen molar-refractivity contribution in [1.29, 1.82) is 0 Å². The first-order valence-electron chi connectivity index (χ1n) is 5.51. The molecule has 1 aromatic carbocycles. The van der Waals surface area contributed by atoms with Crippen LogP contribution in [0.1, 0.15) is 29.2 Å². The monoisotopic (exact) mass is 222 g/mol. The fourth-order valence-corrected chi connectivity index (χ4v) is 3.31. The third kappa shape index (κ3) is 2.37. The van der Waals surface area contributed by atoms with Gasteiger partial charge < -0.3 is 5.11 Å². The Balaban J connectivity index is 2.17. The predicted molar refractivity (Wildman–Crippen MR) is 66.3 cm³/mol. The number of aliphatic hydroxyl groups is 1. The highest BCUT2D eigenvalue weighted by Gasteiger charge is 2.24. The molecule has 2 rings (SSSR count). The van der Waals surface area contributed by atoms with Crippen molar-refractivity contribution in [3.05, 3.63) is 34.9 Å². The van der Waals surface area contributed by atoms with Crippen LogP contribution in [0.25, 0.3) is 0 Å². The van der Waals surface area contributed by atoms with Crippen LogP contribution in [0.4, 0.5) is 0 Å². The van der Waals surface area contributed by atoms with Crippen LogP contribution >= 0.6 is 11.8 Å². The highest BCUT2D eigenvalue weighted by atomic mass is 32.2. The summed E-state index contributed by atoms with van der Waals surface area (Å²) in [6.07, 6.45) is 0.887. The Morgan fingerprint density at radius 2 is 2.13 bits per heavy atom. The molecule has 0 saturated carbocycles. The molecule has 15 heavy (non-hydrogen) atoms. The minimum atomic E-state index is -0.265. The van der Waals surface area contributed by atoms with Gasteiger partial charge >= 0.3 is 0 Å². The molecular formula is C13H18OS. The van der Waals surface area contributed by atoms with E-state index in [9.17, 15) is 5.11 Å². The summed E-state index contributed by atoms with van der Waals surface area (Å²) in [4.78, 5) is 0. The highest BCUT2D eigenvalue weighted by Crippen LogP contribution is 2.34. The van der Waals surface area contributed by atoms with Gasteiger partial charge in [0.1, 0.15) is 0 Å². The maximum Gasteiger partial charge on any atom is 0.0826 e. The molecule has 2 heteroatoms. The van der Waals surface area contributed by atoms with Gasteiger partial charge in [-0.1, -0.05) is 18.2 Å². The molecule has 1 saturated heterocycles. The maximum atomic E-state index is 10.2. The predicted octanol–water partition coefficient (Wildman–Crippen LogP) is 3.09. The van der Waals surface area contributed by atoms with Crippen LogP contribution in [0, 0.1) is 19.8 Å². The summed E-state index contributed by atoms with van der Waals surface area (Å²) in [6, 6.07) is 6.30. The van der Waals surface area contributed by atoms with E-state index in [1.165, 1.54) is 16.9 Å². The number of benzene rings is 1. The number of rotatable bonds is 2. The van der Waals surface area contributed by atoms with E-state index in [1.807, 2.05) is 11.8 Å². The van der Waals surface area contributed by atoms with Crippen molar-refractivity contribution < 1.29 is 5.11 Å². The van der Waals surface area contributed by atoms with Crippen molar-refractivity contribution in [3.8, 4) is 0 Å². The molecule has 2 unspecified atom stereocenters. The summed E-state index contributed by atoms with van der Waals surface area (Å²) >= 11 is 1.95. The average molecular weight is 222 g/mol. The quantitative estimate of drug-likeness (QED) is 0.830. The zero-order chi connectivity index (χ0) is 10.8. The zero-order valence-corrected chi connectivity index (χ0v) is 10.2. The largest absolute Gasteiger partial charge is 0.388 e. The Morgan fingerprint density at radius 1 is 1.33 bits per heavy atom. The van der Waals surface area contributed by atoms with Crippen molar-refractivity contribution in [1.82, 2.24) is 0 Å². The molecule has 1 aliphatic rings. The molecule has 1 fully saturated rings. The first-order chi connectivity index (χ1) is 7.18. The van der Waals surface area contributed by atoms with Crippen molar-refractivity contribution in [2.24, 2.45) is 5.92 Å². The van der Waals surface area contributed by atoms with Crippen molar-refractivity contribution in [2.75, 3.05) is 11.5 Å². The molecule has 0 aliphatic carbocycles. The first kappa shape index (κ1) is 11.0. The van der Waals surface area contributed by atoms with E-state index in [0.29, 0.717) is 5.92 Å². The number of thioether (sulfide) groups is 1. The van der Waals surface area contributed by atoms with Crippen LogP contribution in [0.15, 0.2) is 18.2 Å². The minimum absolute atomic E-state index is 0.265. The van der Waals surface area contributed by atoms with Gasteiger partial charge in [-0.3, -0.25) is 0 Å². The van der Waals surface area contributed by atoms with Crippen molar-refractivity contribution >= 4 is 11.8 Å². The molecule has 1 aromatic rings. The average Bonchev–Trinajstić information content (AvgIpc) is 2.74. The van der Waals surface area contributed by atoms with E-state index in [2.05, 4.69) is 32.0 Å². The van der Waals surface area contributed by atoms with Gasteiger partial charge in [-0.25, -0.2) is 0 Å². The third-order valence-corrected chi connectivity index (χ3v) is 4.47. The highest BCUT2D eigenvalue weighted by molar-refractivity contribution is 7.99. The molecule has 0 spiro atoms. The molecule has 2 atom stereocenters. The van der Waals surface area contributed by atoms with Crippen LogP contribution in [0.3, 0.4) is 0 Å². The van der Waals surface area contributed by atoms with Gasteiger partial charge in [0.05, 0.1) is 6.10 Å². The molecule has 0 amide bonds. The molecular weight excluding hydrogens is 204 g/mol. The Labute approximate surface area is 95.9 Å². The third-order valence-electron chi connectivity index (χ3n) is 3.28. The van der Waals surface area contributed by atoms with Gasteiger partial charge in [-0.05, 0) is 54.4 Å². The Hall–Kier alpha value is -0.470. The molecule has 1 nitrogen and oxygen atoms in total.